The molecule has 1 aliphatic heterocycles. The number of benzene rings is 2. The Morgan fingerprint density at radius 2 is 1.72 bits per heavy atom. The Morgan fingerprint density at radius 1 is 1.00 bits per heavy atom. The van der Waals surface area contributed by atoms with Crippen molar-refractivity contribution in [1.82, 2.24) is 4.72 Å². The van der Waals surface area contributed by atoms with E-state index in [1.807, 2.05) is 35.1 Å². The van der Waals surface area contributed by atoms with Gasteiger partial charge in [0.15, 0.2) is 11.5 Å². The summed E-state index contributed by atoms with van der Waals surface area (Å²) in [7, 11) is -4.00. The van der Waals surface area contributed by atoms with E-state index in [9.17, 15) is 13.2 Å². The molecule has 0 spiro atoms. The second-order valence-corrected chi connectivity index (χ2v) is 7.06. The average Bonchev–Trinajstić information content (AvgIpc) is 2.85. The fourth-order valence-electron chi connectivity index (χ4n) is 2.27. The van der Waals surface area contributed by atoms with Crippen molar-refractivity contribution in [3.63, 3.8) is 0 Å². The average molecular weight is 359 g/mol. The predicted octanol–water partition coefficient (Wildman–Crippen LogP) is 2.37. The Hall–Kier alpha value is -2.80. The second kappa shape index (κ2) is 7.40. The van der Waals surface area contributed by atoms with Gasteiger partial charge in [0.2, 0.25) is 0 Å². The van der Waals surface area contributed by atoms with Gasteiger partial charge in [-0.2, -0.15) is 0 Å². The molecule has 3 rings (SSSR count). The van der Waals surface area contributed by atoms with E-state index in [2.05, 4.69) is 0 Å². The van der Waals surface area contributed by atoms with Crippen LogP contribution in [0.3, 0.4) is 0 Å². The van der Waals surface area contributed by atoms with Gasteiger partial charge in [-0.05, 0) is 23.8 Å². The normalized spacial score (nSPS) is 14.1. The maximum atomic E-state index is 12.4. The smallest absolute Gasteiger partial charge is 0.264 e. The maximum Gasteiger partial charge on any atom is 0.264 e. The number of sulfonamides is 1. The number of fused-ring (bicyclic) bond motifs is 1. The van der Waals surface area contributed by atoms with Gasteiger partial charge in [-0.1, -0.05) is 30.3 Å². The molecule has 0 saturated carbocycles. The molecule has 0 aliphatic carbocycles. The number of ether oxygens (including phenoxy) is 2. The molecule has 0 saturated heterocycles. The molecule has 1 N–H and O–H groups in total. The van der Waals surface area contributed by atoms with Gasteiger partial charge in [0, 0.05) is 18.6 Å². The molecule has 0 atom stereocenters. The van der Waals surface area contributed by atoms with Gasteiger partial charge < -0.3 is 9.47 Å². The van der Waals surface area contributed by atoms with Crippen LogP contribution in [0.15, 0.2) is 59.5 Å². The SMILES string of the molecule is O=C(/C=C\c1ccccc1)NS(=O)(=O)c1ccc2c(c1)OCCCO2. The molecule has 1 amide bonds. The number of carbonyl (C=O) groups is 1. The molecule has 25 heavy (non-hydrogen) atoms. The molecule has 2 aromatic carbocycles. The fourth-order valence-corrected chi connectivity index (χ4v) is 3.23. The summed E-state index contributed by atoms with van der Waals surface area (Å²) < 4.78 is 37.7. The first-order valence-electron chi connectivity index (χ1n) is 7.74. The third kappa shape index (κ3) is 4.39. The molecule has 6 nitrogen and oxygen atoms in total. The highest BCUT2D eigenvalue weighted by Crippen LogP contribution is 2.31. The largest absolute Gasteiger partial charge is 0.490 e. The Labute approximate surface area is 146 Å². The van der Waals surface area contributed by atoms with E-state index in [0.717, 1.165) is 12.0 Å². The topological polar surface area (TPSA) is 81.7 Å². The minimum atomic E-state index is -4.00. The molecule has 0 bridgehead atoms. The van der Waals surface area contributed by atoms with Crippen molar-refractivity contribution in [3.05, 3.63) is 60.2 Å². The number of hydrogen-bond donors (Lipinski definition) is 1. The highest BCUT2D eigenvalue weighted by molar-refractivity contribution is 7.90. The van der Waals surface area contributed by atoms with E-state index in [-0.39, 0.29) is 4.90 Å². The van der Waals surface area contributed by atoms with Gasteiger partial charge in [0.1, 0.15) is 0 Å². The predicted molar refractivity (Wildman–Crippen MR) is 92.9 cm³/mol. The van der Waals surface area contributed by atoms with Gasteiger partial charge in [-0.15, -0.1) is 0 Å². The molecule has 1 heterocycles. The van der Waals surface area contributed by atoms with Crippen molar-refractivity contribution in [3.8, 4) is 11.5 Å². The van der Waals surface area contributed by atoms with Crippen LogP contribution in [0.2, 0.25) is 0 Å². The van der Waals surface area contributed by atoms with Crippen molar-refractivity contribution in [1.29, 1.82) is 0 Å². The van der Waals surface area contributed by atoms with E-state index < -0.39 is 15.9 Å². The van der Waals surface area contributed by atoms with Gasteiger partial charge in [0.05, 0.1) is 18.1 Å². The highest BCUT2D eigenvalue weighted by Gasteiger charge is 2.20. The van der Waals surface area contributed by atoms with Crippen molar-refractivity contribution in [2.24, 2.45) is 0 Å². The Kier molecular flexibility index (Phi) is 5.04. The number of hydrogen-bond acceptors (Lipinski definition) is 5. The number of nitrogens with one attached hydrogen (secondary N) is 1. The second-order valence-electron chi connectivity index (χ2n) is 5.37. The lowest BCUT2D eigenvalue weighted by Crippen LogP contribution is -2.29. The van der Waals surface area contributed by atoms with Crippen molar-refractivity contribution in [2.75, 3.05) is 13.2 Å². The zero-order valence-corrected chi connectivity index (χ0v) is 14.2. The van der Waals surface area contributed by atoms with E-state index >= 15 is 0 Å². The Bertz CT molecular complexity index is 891. The van der Waals surface area contributed by atoms with E-state index in [4.69, 9.17) is 9.47 Å². The summed E-state index contributed by atoms with van der Waals surface area (Å²) in [5.41, 5.74) is 0.797. The summed E-state index contributed by atoms with van der Waals surface area (Å²) in [6.45, 7) is 0.961. The molecule has 130 valence electrons. The first-order chi connectivity index (χ1) is 12.0. The standard InChI is InChI=1S/C18H17NO5S/c20-18(10-7-14-5-2-1-3-6-14)19-25(21,22)15-8-9-16-17(13-15)24-12-4-11-23-16/h1-3,5-10,13H,4,11-12H2,(H,19,20)/b10-7-. The van der Waals surface area contributed by atoms with Crippen LogP contribution in [-0.2, 0) is 14.8 Å². The summed E-state index contributed by atoms with van der Waals surface area (Å²) in [5, 5.41) is 0. The van der Waals surface area contributed by atoms with Gasteiger partial charge in [-0.25, -0.2) is 13.1 Å². The van der Waals surface area contributed by atoms with Crippen LogP contribution in [0, 0.1) is 0 Å². The molecule has 0 unspecified atom stereocenters. The van der Waals surface area contributed by atoms with Crippen LogP contribution < -0.4 is 14.2 Å². The Balaban J connectivity index is 1.74. The first-order valence-corrected chi connectivity index (χ1v) is 9.22. The lowest BCUT2D eigenvalue weighted by Gasteiger charge is -2.10. The van der Waals surface area contributed by atoms with Crippen LogP contribution >= 0.6 is 0 Å². The summed E-state index contributed by atoms with van der Waals surface area (Å²) in [4.78, 5) is 11.9. The van der Waals surface area contributed by atoms with Crippen LogP contribution in [0.5, 0.6) is 11.5 Å². The Morgan fingerprint density at radius 3 is 2.48 bits per heavy atom. The monoisotopic (exact) mass is 359 g/mol. The molecule has 7 heteroatoms. The van der Waals surface area contributed by atoms with Crippen molar-refractivity contribution < 1.29 is 22.7 Å². The number of amides is 1. The zero-order valence-electron chi connectivity index (χ0n) is 13.3. The van der Waals surface area contributed by atoms with Crippen LogP contribution in [0.25, 0.3) is 6.08 Å². The molecule has 1 aliphatic rings. The van der Waals surface area contributed by atoms with Crippen LogP contribution in [0.1, 0.15) is 12.0 Å². The lowest BCUT2D eigenvalue weighted by molar-refractivity contribution is -0.114. The number of rotatable bonds is 4. The fraction of sp³-hybridized carbons (Fsp3) is 0.167. The van der Waals surface area contributed by atoms with Gasteiger partial charge >= 0.3 is 0 Å². The van der Waals surface area contributed by atoms with E-state index in [0.29, 0.717) is 24.7 Å². The summed E-state index contributed by atoms with van der Waals surface area (Å²) >= 11 is 0. The molecule has 0 aromatic heterocycles. The molecule has 0 radical (unpaired) electrons. The van der Waals surface area contributed by atoms with Crippen molar-refractivity contribution >= 4 is 22.0 Å². The summed E-state index contributed by atoms with van der Waals surface area (Å²) in [5.74, 6) is 0.121. The zero-order chi connectivity index (χ0) is 17.7. The molecular weight excluding hydrogens is 342 g/mol. The lowest BCUT2D eigenvalue weighted by atomic mass is 10.2. The van der Waals surface area contributed by atoms with E-state index in [1.165, 1.54) is 24.3 Å². The highest BCUT2D eigenvalue weighted by atomic mass is 32.2. The first kappa shape index (κ1) is 17.0. The minimum Gasteiger partial charge on any atom is -0.490 e. The summed E-state index contributed by atoms with van der Waals surface area (Å²) in [6.07, 6.45) is 3.44. The summed E-state index contributed by atoms with van der Waals surface area (Å²) in [6, 6.07) is 13.4. The van der Waals surface area contributed by atoms with Gasteiger partial charge in [0.25, 0.3) is 15.9 Å². The quantitative estimate of drug-likeness (QED) is 0.848. The van der Waals surface area contributed by atoms with E-state index in [1.54, 1.807) is 6.08 Å². The van der Waals surface area contributed by atoms with Crippen LogP contribution in [-0.4, -0.2) is 27.5 Å². The molecule has 0 fully saturated rings. The number of carbonyl (C=O) groups excluding carboxylic acids is 1. The minimum absolute atomic E-state index is 0.0572. The molecular formula is C18H17NO5S. The maximum absolute atomic E-state index is 12.4. The van der Waals surface area contributed by atoms with Crippen LogP contribution in [0.4, 0.5) is 0 Å². The third-order valence-electron chi connectivity index (χ3n) is 3.49. The van der Waals surface area contributed by atoms with Crippen molar-refractivity contribution in [2.45, 2.75) is 11.3 Å². The van der Waals surface area contributed by atoms with Gasteiger partial charge in [-0.3, -0.25) is 4.79 Å². The molecule has 2 aromatic rings. The third-order valence-corrected chi connectivity index (χ3v) is 4.84.